The molecule has 5 fully saturated rings. The monoisotopic (exact) mass is 344 g/mol. The van der Waals surface area contributed by atoms with Crippen LogP contribution in [0.2, 0.25) is 0 Å². The van der Waals surface area contributed by atoms with Gasteiger partial charge in [0, 0.05) is 18.6 Å². The molecule has 1 spiro atoms. The van der Waals surface area contributed by atoms with Gasteiger partial charge in [-0.2, -0.15) is 0 Å². The van der Waals surface area contributed by atoms with E-state index in [2.05, 4.69) is 38.2 Å². The first-order valence-corrected chi connectivity index (χ1v) is 11.4. The van der Waals surface area contributed by atoms with Crippen molar-refractivity contribution in [3.8, 4) is 0 Å². The van der Waals surface area contributed by atoms with Crippen LogP contribution < -0.4 is 5.32 Å². The molecule has 9 atom stereocenters. The van der Waals surface area contributed by atoms with Gasteiger partial charge in [0.05, 0.1) is 0 Å². The van der Waals surface area contributed by atoms with E-state index in [0.717, 1.165) is 41.7 Å². The molecule has 1 heterocycles. The van der Waals surface area contributed by atoms with Gasteiger partial charge in [0.2, 0.25) is 0 Å². The normalized spacial score (nSPS) is 58.3. The summed E-state index contributed by atoms with van der Waals surface area (Å²) in [6.45, 7) is 6.65. The molecule has 0 amide bonds. The molecule has 5 aliphatic rings. The molecular weight excluding hydrogens is 304 g/mol. The van der Waals surface area contributed by atoms with Crippen molar-refractivity contribution in [3.63, 3.8) is 0 Å². The Balaban J connectivity index is 1.42. The Morgan fingerprint density at radius 2 is 1.72 bits per heavy atom. The SMILES string of the molecule is CN[C@H]1CC[C@@]2(C)[C@@H](CC[C@H]3[C@H]2CC[C@]24CN(C)[C@@H](C)[C@H]2CC[C@H]34)C1. The molecule has 0 aromatic heterocycles. The third-order valence-corrected chi connectivity index (χ3v) is 10.7. The van der Waals surface area contributed by atoms with Crippen LogP contribution in [-0.4, -0.2) is 37.6 Å². The van der Waals surface area contributed by atoms with E-state index in [9.17, 15) is 0 Å². The summed E-state index contributed by atoms with van der Waals surface area (Å²) < 4.78 is 0. The summed E-state index contributed by atoms with van der Waals surface area (Å²) in [4.78, 5) is 2.71. The summed E-state index contributed by atoms with van der Waals surface area (Å²) in [6, 6.07) is 1.63. The Morgan fingerprint density at radius 3 is 2.52 bits per heavy atom. The first kappa shape index (κ1) is 17.0. The molecule has 2 heteroatoms. The maximum Gasteiger partial charge on any atom is 0.00982 e. The molecule has 5 rings (SSSR count). The summed E-state index contributed by atoms with van der Waals surface area (Å²) in [6.07, 6.45) is 13.6. The minimum atomic E-state index is 0.659. The zero-order valence-corrected chi connectivity index (χ0v) is 17.1. The van der Waals surface area contributed by atoms with Gasteiger partial charge in [-0.05, 0) is 119 Å². The summed E-state index contributed by atoms with van der Waals surface area (Å²) >= 11 is 0. The number of likely N-dealkylation sites (tertiary alicyclic amines) is 1. The van der Waals surface area contributed by atoms with Gasteiger partial charge in [-0.1, -0.05) is 6.92 Å². The van der Waals surface area contributed by atoms with Crippen molar-refractivity contribution in [2.75, 3.05) is 20.6 Å². The molecule has 4 aliphatic carbocycles. The largest absolute Gasteiger partial charge is 0.317 e. The lowest BCUT2D eigenvalue weighted by Crippen LogP contribution is -2.55. The van der Waals surface area contributed by atoms with Crippen LogP contribution in [0.5, 0.6) is 0 Å². The van der Waals surface area contributed by atoms with Crippen molar-refractivity contribution in [2.45, 2.75) is 83.7 Å². The van der Waals surface area contributed by atoms with Crippen molar-refractivity contribution in [1.29, 1.82) is 0 Å². The van der Waals surface area contributed by atoms with Crippen LogP contribution in [-0.2, 0) is 0 Å². The molecule has 0 radical (unpaired) electrons. The maximum atomic E-state index is 3.60. The summed E-state index contributed by atoms with van der Waals surface area (Å²) in [7, 11) is 4.58. The van der Waals surface area contributed by atoms with Gasteiger partial charge >= 0.3 is 0 Å². The highest BCUT2D eigenvalue weighted by molar-refractivity contribution is 5.15. The van der Waals surface area contributed by atoms with E-state index in [4.69, 9.17) is 0 Å². The van der Waals surface area contributed by atoms with Gasteiger partial charge in [0.15, 0.2) is 0 Å². The zero-order valence-electron chi connectivity index (χ0n) is 17.1. The van der Waals surface area contributed by atoms with E-state index in [1.807, 2.05) is 0 Å². The standard InChI is InChI=1S/C23H40N2/c1-15-19-7-8-21-18-6-5-16-13-17(24-3)9-11-22(16,2)20(18)10-12-23(19,21)14-25(15)4/h15-21,24H,5-14H2,1-4H3/t15-,16-,17-,18-,19+,20+,21+,22-,23-/m0/s1. The molecule has 1 N–H and O–H groups in total. The number of nitrogens with one attached hydrogen (secondary N) is 1. The molecule has 0 unspecified atom stereocenters. The summed E-state index contributed by atoms with van der Waals surface area (Å²) in [5.74, 6) is 5.17. The lowest BCUT2D eigenvalue weighted by atomic mass is 9.44. The fourth-order valence-electron chi connectivity index (χ4n) is 9.32. The first-order chi connectivity index (χ1) is 12.0. The Kier molecular flexibility index (Phi) is 3.89. The Bertz CT molecular complexity index is 532. The fraction of sp³-hybridized carbons (Fsp3) is 1.00. The highest BCUT2D eigenvalue weighted by atomic mass is 15.2. The van der Waals surface area contributed by atoms with Gasteiger partial charge in [0.25, 0.3) is 0 Å². The molecule has 0 aromatic carbocycles. The molecule has 25 heavy (non-hydrogen) atoms. The second kappa shape index (κ2) is 5.71. The Morgan fingerprint density at radius 1 is 0.920 bits per heavy atom. The van der Waals surface area contributed by atoms with Crippen LogP contribution in [0.15, 0.2) is 0 Å². The van der Waals surface area contributed by atoms with Crippen LogP contribution in [0.4, 0.5) is 0 Å². The smallest absolute Gasteiger partial charge is 0.00982 e. The van der Waals surface area contributed by atoms with Crippen molar-refractivity contribution >= 4 is 0 Å². The van der Waals surface area contributed by atoms with Crippen molar-refractivity contribution < 1.29 is 0 Å². The minimum Gasteiger partial charge on any atom is -0.317 e. The van der Waals surface area contributed by atoms with E-state index >= 15 is 0 Å². The average Bonchev–Trinajstić information content (AvgIpc) is 3.09. The number of hydrogen-bond donors (Lipinski definition) is 1. The van der Waals surface area contributed by atoms with E-state index in [1.54, 1.807) is 25.7 Å². The molecule has 142 valence electrons. The van der Waals surface area contributed by atoms with Crippen LogP contribution in [0, 0.1) is 40.4 Å². The number of rotatable bonds is 1. The predicted molar refractivity (Wildman–Crippen MR) is 104 cm³/mol. The number of nitrogens with zero attached hydrogens (tertiary/aromatic N) is 1. The molecule has 2 nitrogen and oxygen atoms in total. The second-order valence-corrected chi connectivity index (χ2v) is 11.0. The van der Waals surface area contributed by atoms with E-state index < -0.39 is 0 Å². The van der Waals surface area contributed by atoms with Gasteiger partial charge in [0.1, 0.15) is 0 Å². The van der Waals surface area contributed by atoms with Crippen LogP contribution >= 0.6 is 0 Å². The highest BCUT2D eigenvalue weighted by Crippen LogP contribution is 2.69. The van der Waals surface area contributed by atoms with E-state index in [1.165, 1.54) is 38.6 Å². The molecule has 1 saturated heterocycles. The Hall–Kier alpha value is -0.0800. The Labute approximate surface area is 155 Å². The van der Waals surface area contributed by atoms with Crippen molar-refractivity contribution in [1.82, 2.24) is 10.2 Å². The molecule has 4 saturated carbocycles. The molecular formula is C23H40N2. The summed E-state index contributed by atoms with van der Waals surface area (Å²) in [5.41, 5.74) is 1.37. The van der Waals surface area contributed by atoms with Crippen LogP contribution in [0.3, 0.4) is 0 Å². The van der Waals surface area contributed by atoms with E-state index in [-0.39, 0.29) is 0 Å². The van der Waals surface area contributed by atoms with Gasteiger partial charge < -0.3 is 10.2 Å². The molecule has 0 aromatic rings. The van der Waals surface area contributed by atoms with Crippen LogP contribution in [0.25, 0.3) is 0 Å². The molecule has 1 aliphatic heterocycles. The minimum absolute atomic E-state index is 0.659. The van der Waals surface area contributed by atoms with Gasteiger partial charge in [-0.25, -0.2) is 0 Å². The number of fused-ring (bicyclic) bond motifs is 4. The molecule has 0 bridgehead atoms. The predicted octanol–water partition coefficient (Wildman–Crippen LogP) is 4.55. The fourth-order valence-corrected chi connectivity index (χ4v) is 9.32. The van der Waals surface area contributed by atoms with Gasteiger partial charge in [-0.15, -0.1) is 0 Å². The van der Waals surface area contributed by atoms with E-state index in [0.29, 0.717) is 10.8 Å². The maximum absolute atomic E-state index is 3.60. The summed E-state index contributed by atoms with van der Waals surface area (Å²) in [5, 5.41) is 3.60. The second-order valence-electron chi connectivity index (χ2n) is 11.0. The lowest BCUT2D eigenvalue weighted by Gasteiger charge is -2.61. The number of hydrogen-bond acceptors (Lipinski definition) is 2. The topological polar surface area (TPSA) is 15.3 Å². The van der Waals surface area contributed by atoms with Crippen molar-refractivity contribution in [3.05, 3.63) is 0 Å². The zero-order chi connectivity index (χ0) is 17.4. The van der Waals surface area contributed by atoms with Gasteiger partial charge in [-0.3, -0.25) is 0 Å². The lowest BCUT2D eigenvalue weighted by molar-refractivity contribution is -0.113. The highest BCUT2D eigenvalue weighted by Gasteiger charge is 2.64. The first-order valence-electron chi connectivity index (χ1n) is 11.4. The average molecular weight is 345 g/mol. The van der Waals surface area contributed by atoms with Crippen LogP contribution in [0.1, 0.15) is 71.6 Å². The van der Waals surface area contributed by atoms with Crippen molar-refractivity contribution in [2.24, 2.45) is 40.4 Å². The third-order valence-electron chi connectivity index (χ3n) is 10.7. The quantitative estimate of drug-likeness (QED) is 0.751. The third kappa shape index (κ3) is 2.16.